The fraction of sp³-hybridized carbons (Fsp3) is 0.143. The molecule has 1 aromatic carbocycles. The van der Waals surface area contributed by atoms with Crippen molar-refractivity contribution in [2.24, 2.45) is 0 Å². The number of methoxy groups -OCH3 is 2. The van der Waals surface area contributed by atoms with Gasteiger partial charge in [0.2, 0.25) is 0 Å². The number of nitrogens with one attached hydrogen (secondary N) is 3. The molecule has 0 unspecified atom stereocenters. The maximum absolute atomic E-state index is 12.1. The molecule has 1 heterocycles. The summed E-state index contributed by atoms with van der Waals surface area (Å²) in [4.78, 5) is 36.3. The van der Waals surface area contributed by atoms with Gasteiger partial charge in [0.15, 0.2) is 0 Å². The van der Waals surface area contributed by atoms with Crippen molar-refractivity contribution in [3.8, 4) is 11.5 Å². The van der Waals surface area contributed by atoms with Crippen LogP contribution in [-0.4, -0.2) is 35.9 Å². The average Bonchev–Trinajstić information content (AvgIpc) is 3.09. The Morgan fingerprint density at radius 2 is 1.62 bits per heavy atom. The zero-order valence-corrected chi connectivity index (χ0v) is 12.8. The van der Waals surface area contributed by atoms with Crippen LogP contribution in [0.15, 0.2) is 30.5 Å². The number of aromatic amines is 1. The van der Waals surface area contributed by atoms with Crippen LogP contribution in [0.25, 0.3) is 0 Å². The van der Waals surface area contributed by atoms with E-state index in [4.69, 9.17) is 9.47 Å². The number of H-pyrrole nitrogens is 1. The zero-order valence-electron chi connectivity index (χ0n) is 12.8. The molecule has 1 aromatic heterocycles. The van der Waals surface area contributed by atoms with E-state index in [9.17, 15) is 19.7 Å². The number of amides is 2. The molecular weight excluding hydrogens is 320 g/mol. The van der Waals surface area contributed by atoms with Gasteiger partial charge in [0.05, 0.1) is 25.3 Å². The highest BCUT2D eigenvalue weighted by Crippen LogP contribution is 2.22. The van der Waals surface area contributed by atoms with Crippen molar-refractivity contribution >= 4 is 17.5 Å². The van der Waals surface area contributed by atoms with E-state index >= 15 is 0 Å². The first kappa shape index (κ1) is 16.8. The Hall–Kier alpha value is -3.56. The molecule has 3 N–H and O–H groups in total. The fourth-order valence-corrected chi connectivity index (χ4v) is 1.81. The SMILES string of the molecule is COc1cc(OC)cc(C(=O)NNC(=O)c2cc([N+](=O)[O-])c[nH]2)c1. The number of ether oxygens (including phenoxy) is 2. The Morgan fingerprint density at radius 1 is 1.04 bits per heavy atom. The van der Waals surface area contributed by atoms with Crippen LogP contribution in [0.4, 0.5) is 5.69 Å². The van der Waals surface area contributed by atoms with Gasteiger partial charge in [-0.2, -0.15) is 0 Å². The maximum atomic E-state index is 12.1. The molecule has 2 rings (SSSR count). The second-order valence-corrected chi connectivity index (χ2v) is 4.54. The van der Waals surface area contributed by atoms with Crippen molar-refractivity contribution < 1.29 is 24.0 Å². The lowest BCUT2D eigenvalue weighted by Crippen LogP contribution is -2.41. The van der Waals surface area contributed by atoms with Crippen molar-refractivity contribution in [1.82, 2.24) is 15.8 Å². The minimum absolute atomic E-state index is 0.0646. The molecule has 10 heteroatoms. The van der Waals surface area contributed by atoms with Gasteiger partial charge >= 0.3 is 0 Å². The third-order valence-corrected chi connectivity index (χ3v) is 3.03. The number of carbonyl (C=O) groups excluding carboxylic acids is 2. The van der Waals surface area contributed by atoms with E-state index < -0.39 is 16.7 Å². The Bertz CT molecular complexity index is 763. The fourth-order valence-electron chi connectivity index (χ4n) is 1.81. The van der Waals surface area contributed by atoms with Gasteiger partial charge in [-0.3, -0.25) is 30.6 Å². The summed E-state index contributed by atoms with van der Waals surface area (Å²) in [5, 5.41) is 10.6. The van der Waals surface area contributed by atoms with Gasteiger partial charge in [-0.05, 0) is 12.1 Å². The third kappa shape index (κ3) is 3.80. The number of hydrazine groups is 1. The molecule has 2 aromatic rings. The molecule has 0 radical (unpaired) electrons. The van der Waals surface area contributed by atoms with Gasteiger partial charge in [-0.15, -0.1) is 0 Å². The molecule has 0 aliphatic heterocycles. The standard InChI is InChI=1S/C14H14N4O6/c1-23-10-3-8(4-11(6-10)24-2)13(19)16-17-14(20)12-5-9(7-15-12)18(21)22/h3-7,15H,1-2H3,(H,16,19)(H,17,20). The highest BCUT2D eigenvalue weighted by atomic mass is 16.6. The lowest BCUT2D eigenvalue weighted by Gasteiger charge is -2.09. The third-order valence-electron chi connectivity index (χ3n) is 3.03. The van der Waals surface area contributed by atoms with Crippen molar-refractivity contribution in [3.05, 3.63) is 51.8 Å². The van der Waals surface area contributed by atoms with Crippen LogP contribution in [-0.2, 0) is 0 Å². The van der Waals surface area contributed by atoms with Crippen LogP contribution in [0.1, 0.15) is 20.8 Å². The second-order valence-electron chi connectivity index (χ2n) is 4.54. The minimum Gasteiger partial charge on any atom is -0.497 e. The van der Waals surface area contributed by atoms with E-state index in [0.29, 0.717) is 11.5 Å². The molecule has 126 valence electrons. The van der Waals surface area contributed by atoms with Crippen molar-refractivity contribution in [1.29, 1.82) is 0 Å². The normalized spacial score (nSPS) is 9.92. The summed E-state index contributed by atoms with van der Waals surface area (Å²) in [6.07, 6.45) is 1.07. The molecule has 0 fully saturated rings. The molecule has 10 nitrogen and oxygen atoms in total. The van der Waals surface area contributed by atoms with Crippen LogP contribution >= 0.6 is 0 Å². The van der Waals surface area contributed by atoms with Gasteiger partial charge in [-0.1, -0.05) is 0 Å². The number of hydrogen-bond acceptors (Lipinski definition) is 6. The average molecular weight is 334 g/mol. The summed E-state index contributed by atoms with van der Waals surface area (Å²) in [6, 6.07) is 5.57. The number of nitrogens with zero attached hydrogens (tertiary/aromatic N) is 1. The predicted molar refractivity (Wildman–Crippen MR) is 81.9 cm³/mol. The quantitative estimate of drug-likeness (QED) is 0.551. The number of nitro groups is 1. The summed E-state index contributed by atoms with van der Waals surface area (Å²) in [6.45, 7) is 0. The van der Waals surface area contributed by atoms with Gasteiger partial charge in [-0.25, -0.2) is 0 Å². The summed E-state index contributed by atoms with van der Waals surface area (Å²) >= 11 is 0. The highest BCUT2D eigenvalue weighted by molar-refractivity contribution is 5.99. The van der Waals surface area contributed by atoms with Gasteiger partial charge in [0.25, 0.3) is 17.5 Å². The van der Waals surface area contributed by atoms with E-state index in [2.05, 4.69) is 15.8 Å². The first-order valence-corrected chi connectivity index (χ1v) is 6.61. The Balaban J connectivity index is 2.04. The monoisotopic (exact) mass is 334 g/mol. The van der Waals surface area contributed by atoms with E-state index in [1.54, 1.807) is 6.07 Å². The number of benzene rings is 1. The van der Waals surface area contributed by atoms with Crippen LogP contribution in [0.3, 0.4) is 0 Å². The maximum Gasteiger partial charge on any atom is 0.287 e. The minimum atomic E-state index is -0.730. The number of hydrogen-bond donors (Lipinski definition) is 3. The second kappa shape index (κ2) is 7.13. The summed E-state index contributed by atoms with van der Waals surface area (Å²) in [7, 11) is 2.88. The van der Waals surface area contributed by atoms with E-state index in [-0.39, 0.29) is 16.9 Å². The smallest absolute Gasteiger partial charge is 0.287 e. The van der Waals surface area contributed by atoms with E-state index in [1.807, 2.05) is 0 Å². The van der Waals surface area contributed by atoms with E-state index in [1.165, 1.54) is 26.4 Å². The Morgan fingerprint density at radius 3 is 2.12 bits per heavy atom. The summed E-state index contributed by atoms with van der Waals surface area (Å²) in [5.41, 5.74) is 4.22. The van der Waals surface area contributed by atoms with Crippen LogP contribution in [0.5, 0.6) is 11.5 Å². The largest absolute Gasteiger partial charge is 0.497 e. The lowest BCUT2D eigenvalue weighted by molar-refractivity contribution is -0.384. The Kier molecular flexibility index (Phi) is 5.00. The van der Waals surface area contributed by atoms with Crippen molar-refractivity contribution in [2.45, 2.75) is 0 Å². The molecule has 0 aliphatic rings. The van der Waals surface area contributed by atoms with Crippen LogP contribution < -0.4 is 20.3 Å². The molecule has 2 amide bonds. The molecule has 0 saturated carbocycles. The first-order chi connectivity index (χ1) is 11.4. The molecular formula is C14H14N4O6. The zero-order chi connectivity index (χ0) is 17.7. The molecule has 0 saturated heterocycles. The van der Waals surface area contributed by atoms with Crippen molar-refractivity contribution in [3.63, 3.8) is 0 Å². The van der Waals surface area contributed by atoms with Gasteiger partial charge < -0.3 is 14.5 Å². The van der Waals surface area contributed by atoms with E-state index in [0.717, 1.165) is 12.3 Å². The molecule has 24 heavy (non-hydrogen) atoms. The molecule has 0 spiro atoms. The van der Waals surface area contributed by atoms with Crippen LogP contribution in [0, 0.1) is 10.1 Å². The highest BCUT2D eigenvalue weighted by Gasteiger charge is 2.16. The van der Waals surface area contributed by atoms with Crippen LogP contribution in [0.2, 0.25) is 0 Å². The molecule has 0 aliphatic carbocycles. The number of aromatic nitrogens is 1. The van der Waals surface area contributed by atoms with Crippen molar-refractivity contribution in [2.75, 3.05) is 14.2 Å². The molecule has 0 bridgehead atoms. The number of rotatable bonds is 5. The number of carbonyl (C=O) groups is 2. The topological polar surface area (TPSA) is 136 Å². The Labute approximate surface area is 135 Å². The lowest BCUT2D eigenvalue weighted by atomic mass is 10.2. The van der Waals surface area contributed by atoms with Gasteiger partial charge in [0, 0.05) is 17.7 Å². The van der Waals surface area contributed by atoms with Gasteiger partial charge in [0.1, 0.15) is 17.2 Å². The molecule has 0 atom stereocenters. The first-order valence-electron chi connectivity index (χ1n) is 6.61. The summed E-state index contributed by atoms with van der Waals surface area (Å²) < 4.78 is 10.1. The summed E-state index contributed by atoms with van der Waals surface area (Å²) in [5.74, 6) is -0.524. The predicted octanol–water partition coefficient (Wildman–Crippen LogP) is 1.01.